The van der Waals surface area contributed by atoms with Gasteiger partial charge in [-0.3, -0.25) is 9.59 Å². The molecule has 0 unspecified atom stereocenters. The first kappa shape index (κ1) is 18.1. The van der Waals surface area contributed by atoms with Crippen LogP contribution in [-0.4, -0.2) is 41.3 Å². The van der Waals surface area contributed by atoms with Gasteiger partial charge in [-0.1, -0.05) is 33.9 Å². The molecule has 3 rings (SSSR count). The summed E-state index contributed by atoms with van der Waals surface area (Å²) in [5.74, 6) is 1.18. The summed E-state index contributed by atoms with van der Waals surface area (Å²) in [5, 5.41) is 1.20. The van der Waals surface area contributed by atoms with E-state index in [1.807, 2.05) is 0 Å². The van der Waals surface area contributed by atoms with Gasteiger partial charge < -0.3 is 4.90 Å². The summed E-state index contributed by atoms with van der Waals surface area (Å²) < 4.78 is 4.30. The van der Waals surface area contributed by atoms with E-state index in [0.717, 1.165) is 0 Å². The Hall–Kier alpha value is -1.69. The standard InChI is InChI=1S/C18H16Cl2N2O2S/c19-15-5-1-13(2-6-15)17(23)21-25-11-9-22(10-12-25)18(24)14-3-7-16(20)8-4-14/h1-8H,9-12H2. The third-order valence-electron chi connectivity index (χ3n) is 3.88. The molecule has 0 spiro atoms. The molecule has 25 heavy (non-hydrogen) atoms. The number of rotatable bonds is 2. The molecule has 4 nitrogen and oxygen atoms in total. The first-order chi connectivity index (χ1) is 12.0. The Morgan fingerprint density at radius 2 is 1.32 bits per heavy atom. The second-order valence-electron chi connectivity index (χ2n) is 5.57. The molecule has 2 aromatic rings. The molecule has 0 saturated carbocycles. The first-order valence-corrected chi connectivity index (χ1v) is 10.0. The number of hydrogen-bond donors (Lipinski definition) is 0. The zero-order valence-electron chi connectivity index (χ0n) is 13.3. The Kier molecular flexibility index (Phi) is 5.89. The van der Waals surface area contributed by atoms with Crippen LogP contribution in [0.15, 0.2) is 52.9 Å². The van der Waals surface area contributed by atoms with Gasteiger partial charge >= 0.3 is 0 Å². The number of carbonyl (C=O) groups excluding carboxylic acids is 2. The van der Waals surface area contributed by atoms with Gasteiger partial charge in [-0.2, -0.15) is 4.36 Å². The Morgan fingerprint density at radius 3 is 1.84 bits per heavy atom. The van der Waals surface area contributed by atoms with Gasteiger partial charge in [0.2, 0.25) is 0 Å². The number of amides is 2. The van der Waals surface area contributed by atoms with E-state index < -0.39 is 0 Å². The van der Waals surface area contributed by atoms with Crippen LogP contribution in [0.5, 0.6) is 0 Å². The highest BCUT2D eigenvalue weighted by atomic mass is 35.5. The van der Waals surface area contributed by atoms with E-state index in [2.05, 4.69) is 4.36 Å². The van der Waals surface area contributed by atoms with E-state index >= 15 is 0 Å². The molecule has 2 aromatic carbocycles. The molecule has 2 amide bonds. The van der Waals surface area contributed by atoms with Crippen LogP contribution in [0.2, 0.25) is 10.0 Å². The summed E-state index contributed by atoms with van der Waals surface area (Å²) in [5.41, 5.74) is 1.16. The SMILES string of the molecule is O=C(N=S1CCN(C(=O)c2ccc(Cl)cc2)CC1)c1ccc(Cl)cc1. The average Bonchev–Trinajstić information content (AvgIpc) is 2.63. The van der Waals surface area contributed by atoms with E-state index in [0.29, 0.717) is 45.8 Å². The van der Waals surface area contributed by atoms with Crippen LogP contribution in [0, 0.1) is 0 Å². The monoisotopic (exact) mass is 394 g/mol. The number of hydrogen-bond acceptors (Lipinski definition) is 2. The lowest BCUT2D eigenvalue weighted by Crippen LogP contribution is -2.41. The fraction of sp³-hybridized carbons (Fsp3) is 0.222. The molecular weight excluding hydrogens is 379 g/mol. The third kappa shape index (κ3) is 4.69. The topological polar surface area (TPSA) is 49.7 Å². The number of nitrogens with zero attached hydrogens (tertiary/aromatic N) is 2. The molecule has 1 saturated heterocycles. The molecule has 1 aliphatic rings. The molecule has 0 aliphatic carbocycles. The zero-order valence-corrected chi connectivity index (χ0v) is 15.7. The van der Waals surface area contributed by atoms with Crippen molar-refractivity contribution >= 4 is 45.7 Å². The van der Waals surface area contributed by atoms with Crippen molar-refractivity contribution in [2.45, 2.75) is 0 Å². The van der Waals surface area contributed by atoms with Gasteiger partial charge in [-0.15, -0.1) is 0 Å². The first-order valence-electron chi connectivity index (χ1n) is 7.77. The van der Waals surface area contributed by atoms with Crippen LogP contribution in [0.25, 0.3) is 0 Å². The fourth-order valence-corrected chi connectivity index (χ4v) is 4.32. The van der Waals surface area contributed by atoms with E-state index in [1.54, 1.807) is 53.4 Å². The van der Waals surface area contributed by atoms with Gasteiger partial charge in [0.15, 0.2) is 0 Å². The van der Waals surface area contributed by atoms with Crippen molar-refractivity contribution < 1.29 is 9.59 Å². The van der Waals surface area contributed by atoms with Crippen molar-refractivity contribution in [2.24, 2.45) is 4.36 Å². The lowest BCUT2D eigenvalue weighted by Gasteiger charge is -2.28. The maximum absolute atomic E-state index is 12.5. The minimum atomic E-state index is -0.350. The van der Waals surface area contributed by atoms with Crippen LogP contribution in [0.1, 0.15) is 20.7 Å². The highest BCUT2D eigenvalue weighted by Gasteiger charge is 2.21. The fourth-order valence-electron chi connectivity index (χ4n) is 2.48. The van der Waals surface area contributed by atoms with Crippen LogP contribution in [-0.2, 0) is 10.7 Å². The van der Waals surface area contributed by atoms with Gasteiger partial charge in [0.05, 0.1) is 0 Å². The lowest BCUT2D eigenvalue weighted by atomic mass is 10.2. The molecule has 0 aromatic heterocycles. The van der Waals surface area contributed by atoms with Crippen molar-refractivity contribution in [2.75, 3.05) is 24.6 Å². The summed E-state index contributed by atoms with van der Waals surface area (Å²) in [6, 6.07) is 13.6. The number of carbonyl (C=O) groups is 2. The third-order valence-corrected chi connectivity index (χ3v) is 6.11. The summed E-state index contributed by atoms with van der Waals surface area (Å²) in [6.07, 6.45) is 0. The van der Waals surface area contributed by atoms with Gasteiger partial charge in [0.25, 0.3) is 11.8 Å². The normalized spacial score (nSPS) is 15.0. The Bertz CT molecular complexity index is 810. The maximum Gasteiger partial charge on any atom is 0.282 e. The molecule has 130 valence electrons. The lowest BCUT2D eigenvalue weighted by molar-refractivity contribution is 0.0772. The molecule has 0 atom stereocenters. The predicted molar refractivity (Wildman–Crippen MR) is 103 cm³/mol. The van der Waals surface area contributed by atoms with Gasteiger partial charge in [0, 0.05) is 45.8 Å². The summed E-state index contributed by atoms with van der Waals surface area (Å²) in [6.45, 7) is 1.20. The highest BCUT2D eigenvalue weighted by Crippen LogP contribution is 2.15. The zero-order chi connectivity index (χ0) is 17.8. The highest BCUT2D eigenvalue weighted by molar-refractivity contribution is 7.87. The maximum atomic E-state index is 12.5. The molecule has 1 fully saturated rings. The summed E-state index contributed by atoms with van der Waals surface area (Å²) in [4.78, 5) is 26.5. The Balaban J connectivity index is 1.61. The van der Waals surface area contributed by atoms with Crippen LogP contribution < -0.4 is 0 Å². The van der Waals surface area contributed by atoms with Crippen molar-refractivity contribution in [1.82, 2.24) is 4.90 Å². The second kappa shape index (κ2) is 8.13. The van der Waals surface area contributed by atoms with E-state index in [-0.39, 0.29) is 22.5 Å². The van der Waals surface area contributed by atoms with Gasteiger partial charge in [-0.05, 0) is 48.5 Å². The van der Waals surface area contributed by atoms with Gasteiger partial charge in [0.1, 0.15) is 0 Å². The predicted octanol–water partition coefficient (Wildman–Crippen LogP) is 4.09. The van der Waals surface area contributed by atoms with Crippen LogP contribution >= 0.6 is 23.2 Å². The Morgan fingerprint density at radius 1 is 0.840 bits per heavy atom. The van der Waals surface area contributed by atoms with Gasteiger partial charge in [-0.25, -0.2) is 0 Å². The molecule has 0 radical (unpaired) electrons. The second-order valence-corrected chi connectivity index (χ2v) is 8.37. The largest absolute Gasteiger partial charge is 0.337 e. The summed E-state index contributed by atoms with van der Waals surface area (Å²) in [7, 11) is -0.350. The smallest absolute Gasteiger partial charge is 0.282 e. The minimum Gasteiger partial charge on any atom is -0.337 e. The molecule has 1 aliphatic heterocycles. The van der Waals surface area contributed by atoms with Crippen molar-refractivity contribution in [3.05, 3.63) is 69.7 Å². The molecule has 1 heterocycles. The molecular formula is C18H16Cl2N2O2S. The van der Waals surface area contributed by atoms with E-state index in [1.165, 1.54) is 0 Å². The molecule has 0 bridgehead atoms. The van der Waals surface area contributed by atoms with Crippen molar-refractivity contribution in [1.29, 1.82) is 0 Å². The Labute approximate surface area is 158 Å². The summed E-state index contributed by atoms with van der Waals surface area (Å²) >= 11 is 11.7. The number of halogens is 2. The average molecular weight is 395 g/mol. The van der Waals surface area contributed by atoms with Crippen molar-refractivity contribution in [3.8, 4) is 0 Å². The quantitative estimate of drug-likeness (QED) is 0.769. The number of benzene rings is 2. The van der Waals surface area contributed by atoms with Crippen LogP contribution in [0.3, 0.4) is 0 Å². The molecule has 7 heteroatoms. The van der Waals surface area contributed by atoms with Crippen molar-refractivity contribution in [3.63, 3.8) is 0 Å². The minimum absolute atomic E-state index is 0.0102. The molecule has 0 N–H and O–H groups in total. The van der Waals surface area contributed by atoms with E-state index in [4.69, 9.17) is 23.2 Å². The van der Waals surface area contributed by atoms with E-state index in [9.17, 15) is 9.59 Å². The van der Waals surface area contributed by atoms with Crippen LogP contribution in [0.4, 0.5) is 0 Å².